The minimum atomic E-state index is -0.455. The molecular formula is C18H19ClN4O3. The molecule has 1 aromatic carbocycles. The van der Waals surface area contributed by atoms with Gasteiger partial charge in [0.1, 0.15) is 5.52 Å². The standard InChI is InChI=1S/C18H19ClN4O3/c19-12-7-3-6-11(8-12)13(9-24)20-18-21-14-15(17(25)22-18)23-26-16(14)10-4-1-2-5-10/h3,6-8,10,13,24H,1-2,4-5,9H2,(H2,20,21,22,25). The Kier molecular flexibility index (Phi) is 4.65. The minimum absolute atomic E-state index is 0.179. The molecule has 3 aromatic rings. The first kappa shape index (κ1) is 17.1. The normalized spacial score (nSPS) is 16.2. The number of hydrogen-bond donors (Lipinski definition) is 3. The van der Waals surface area contributed by atoms with Crippen LogP contribution < -0.4 is 10.9 Å². The number of aromatic nitrogens is 3. The number of nitrogens with zero attached hydrogens (tertiary/aromatic N) is 2. The van der Waals surface area contributed by atoms with Crippen molar-refractivity contribution in [1.29, 1.82) is 0 Å². The third-order valence-electron chi connectivity index (χ3n) is 4.83. The molecule has 0 aliphatic heterocycles. The van der Waals surface area contributed by atoms with Gasteiger partial charge in [-0.3, -0.25) is 9.78 Å². The maximum Gasteiger partial charge on any atom is 0.282 e. The summed E-state index contributed by atoms with van der Waals surface area (Å²) in [4.78, 5) is 19.5. The van der Waals surface area contributed by atoms with E-state index >= 15 is 0 Å². The minimum Gasteiger partial charge on any atom is -0.394 e. The molecule has 2 aromatic heterocycles. The predicted octanol–water partition coefficient (Wildman–Crippen LogP) is 3.37. The highest BCUT2D eigenvalue weighted by Crippen LogP contribution is 2.36. The van der Waals surface area contributed by atoms with Gasteiger partial charge in [-0.2, -0.15) is 0 Å². The summed E-state index contributed by atoms with van der Waals surface area (Å²) in [5.74, 6) is 1.20. The van der Waals surface area contributed by atoms with Gasteiger partial charge >= 0.3 is 0 Å². The van der Waals surface area contributed by atoms with Crippen LogP contribution in [0.4, 0.5) is 5.95 Å². The van der Waals surface area contributed by atoms with Crippen LogP contribution in [0.5, 0.6) is 0 Å². The number of rotatable bonds is 5. The Morgan fingerprint density at radius 1 is 1.35 bits per heavy atom. The lowest BCUT2D eigenvalue weighted by Crippen LogP contribution is -2.20. The Labute approximate surface area is 154 Å². The van der Waals surface area contributed by atoms with E-state index in [1.807, 2.05) is 6.07 Å². The second-order valence-electron chi connectivity index (χ2n) is 6.57. The summed E-state index contributed by atoms with van der Waals surface area (Å²) in [6.45, 7) is -0.179. The largest absolute Gasteiger partial charge is 0.394 e. The Hall–Kier alpha value is -2.38. The topological polar surface area (TPSA) is 104 Å². The summed E-state index contributed by atoms with van der Waals surface area (Å²) in [5.41, 5.74) is 1.13. The molecule has 0 bridgehead atoms. The van der Waals surface area contributed by atoms with Gasteiger partial charge in [0.05, 0.1) is 12.6 Å². The molecule has 0 saturated heterocycles. The Bertz CT molecular complexity index is 978. The number of H-pyrrole nitrogens is 1. The predicted molar refractivity (Wildman–Crippen MR) is 98.5 cm³/mol. The maximum atomic E-state index is 12.3. The lowest BCUT2D eigenvalue weighted by Gasteiger charge is -2.17. The van der Waals surface area contributed by atoms with Crippen molar-refractivity contribution < 1.29 is 9.63 Å². The van der Waals surface area contributed by atoms with Crippen molar-refractivity contribution in [3.05, 3.63) is 51.0 Å². The highest BCUT2D eigenvalue weighted by atomic mass is 35.5. The molecule has 0 spiro atoms. The number of hydrogen-bond acceptors (Lipinski definition) is 6. The van der Waals surface area contributed by atoms with Crippen LogP contribution >= 0.6 is 11.6 Å². The average Bonchev–Trinajstić information content (AvgIpc) is 3.29. The van der Waals surface area contributed by atoms with Crippen LogP contribution in [0.2, 0.25) is 5.02 Å². The summed E-state index contributed by atoms with van der Waals surface area (Å²) < 4.78 is 5.44. The number of benzene rings is 1. The molecular weight excluding hydrogens is 356 g/mol. The van der Waals surface area contributed by atoms with Crippen LogP contribution in [0.25, 0.3) is 11.0 Å². The molecule has 4 rings (SSSR count). The lowest BCUT2D eigenvalue weighted by molar-refractivity contribution is 0.276. The van der Waals surface area contributed by atoms with Gasteiger partial charge in [-0.05, 0) is 30.5 Å². The molecule has 1 aliphatic rings. The fourth-order valence-electron chi connectivity index (χ4n) is 3.51. The van der Waals surface area contributed by atoms with Gasteiger partial charge in [-0.25, -0.2) is 4.98 Å². The monoisotopic (exact) mass is 374 g/mol. The first-order valence-corrected chi connectivity index (χ1v) is 9.06. The Morgan fingerprint density at radius 3 is 2.88 bits per heavy atom. The van der Waals surface area contributed by atoms with E-state index in [0.717, 1.165) is 31.2 Å². The molecule has 1 atom stereocenters. The molecule has 8 heteroatoms. The van der Waals surface area contributed by atoms with Gasteiger partial charge in [0.15, 0.2) is 11.3 Å². The van der Waals surface area contributed by atoms with E-state index in [0.29, 0.717) is 16.3 Å². The van der Waals surface area contributed by atoms with E-state index in [1.165, 1.54) is 0 Å². The SMILES string of the molecule is O=c1[nH]c(NC(CO)c2cccc(Cl)c2)nc2c(C3CCCC3)onc12. The van der Waals surface area contributed by atoms with Crippen LogP contribution in [-0.2, 0) is 0 Å². The molecule has 0 amide bonds. The van der Waals surface area contributed by atoms with Crippen molar-refractivity contribution >= 4 is 28.6 Å². The van der Waals surface area contributed by atoms with E-state index < -0.39 is 6.04 Å². The third kappa shape index (κ3) is 3.20. The van der Waals surface area contributed by atoms with E-state index in [4.69, 9.17) is 16.1 Å². The second kappa shape index (κ2) is 7.09. The fourth-order valence-corrected chi connectivity index (χ4v) is 3.71. The molecule has 1 aliphatic carbocycles. The van der Waals surface area contributed by atoms with Gasteiger partial charge < -0.3 is 14.9 Å². The van der Waals surface area contributed by atoms with Gasteiger partial charge in [0, 0.05) is 10.9 Å². The molecule has 2 heterocycles. The zero-order valence-corrected chi connectivity index (χ0v) is 14.8. The van der Waals surface area contributed by atoms with Crippen molar-refractivity contribution in [3.8, 4) is 0 Å². The first-order valence-electron chi connectivity index (χ1n) is 8.68. The van der Waals surface area contributed by atoms with E-state index in [1.54, 1.807) is 18.2 Å². The number of halogens is 1. The van der Waals surface area contributed by atoms with Crippen LogP contribution in [0, 0.1) is 0 Å². The second-order valence-corrected chi connectivity index (χ2v) is 7.01. The molecule has 7 nitrogen and oxygen atoms in total. The van der Waals surface area contributed by atoms with E-state index in [-0.39, 0.29) is 29.5 Å². The summed E-state index contributed by atoms with van der Waals surface area (Å²) >= 11 is 6.03. The van der Waals surface area contributed by atoms with Crippen LogP contribution in [-0.4, -0.2) is 26.8 Å². The summed E-state index contributed by atoms with van der Waals surface area (Å²) in [7, 11) is 0. The van der Waals surface area contributed by atoms with E-state index in [2.05, 4.69) is 20.4 Å². The number of aliphatic hydroxyl groups is 1. The Balaban J connectivity index is 1.69. The number of aromatic amines is 1. The van der Waals surface area contributed by atoms with Crippen molar-refractivity contribution in [2.24, 2.45) is 0 Å². The van der Waals surface area contributed by atoms with Gasteiger partial charge in [-0.1, -0.05) is 41.7 Å². The van der Waals surface area contributed by atoms with Gasteiger partial charge in [-0.15, -0.1) is 0 Å². The Morgan fingerprint density at radius 2 is 2.15 bits per heavy atom. The van der Waals surface area contributed by atoms with E-state index in [9.17, 15) is 9.90 Å². The highest BCUT2D eigenvalue weighted by molar-refractivity contribution is 6.30. The molecule has 136 valence electrons. The third-order valence-corrected chi connectivity index (χ3v) is 5.07. The summed E-state index contributed by atoms with van der Waals surface area (Å²) in [6.07, 6.45) is 4.32. The highest BCUT2D eigenvalue weighted by Gasteiger charge is 2.26. The fraction of sp³-hybridized carbons (Fsp3) is 0.389. The molecule has 1 fully saturated rings. The van der Waals surface area contributed by atoms with Gasteiger partial charge in [0.2, 0.25) is 5.95 Å². The zero-order valence-electron chi connectivity index (χ0n) is 14.0. The average molecular weight is 375 g/mol. The first-order chi connectivity index (χ1) is 12.7. The quantitative estimate of drug-likeness (QED) is 0.632. The lowest BCUT2D eigenvalue weighted by atomic mass is 10.0. The van der Waals surface area contributed by atoms with Crippen LogP contribution in [0.3, 0.4) is 0 Å². The molecule has 1 unspecified atom stereocenters. The van der Waals surface area contributed by atoms with Crippen molar-refractivity contribution in [1.82, 2.24) is 15.1 Å². The summed E-state index contributed by atoms with van der Waals surface area (Å²) in [5, 5.41) is 17.3. The van der Waals surface area contributed by atoms with Crippen molar-refractivity contribution in [2.45, 2.75) is 37.6 Å². The van der Waals surface area contributed by atoms with Crippen LogP contribution in [0.15, 0.2) is 33.6 Å². The van der Waals surface area contributed by atoms with Gasteiger partial charge in [0.25, 0.3) is 5.56 Å². The van der Waals surface area contributed by atoms with Crippen molar-refractivity contribution in [3.63, 3.8) is 0 Å². The van der Waals surface area contributed by atoms with Crippen molar-refractivity contribution in [2.75, 3.05) is 11.9 Å². The summed E-state index contributed by atoms with van der Waals surface area (Å²) in [6, 6.07) is 6.72. The number of anilines is 1. The molecule has 1 saturated carbocycles. The van der Waals surface area contributed by atoms with Crippen LogP contribution in [0.1, 0.15) is 49.0 Å². The number of fused-ring (bicyclic) bond motifs is 1. The number of aliphatic hydroxyl groups excluding tert-OH is 1. The molecule has 26 heavy (non-hydrogen) atoms. The zero-order chi connectivity index (χ0) is 18.1. The smallest absolute Gasteiger partial charge is 0.282 e. The maximum absolute atomic E-state index is 12.3. The molecule has 3 N–H and O–H groups in total. The molecule has 0 radical (unpaired) electrons. The number of nitrogens with one attached hydrogen (secondary N) is 2.